The topological polar surface area (TPSA) is 56.7 Å². The predicted octanol–water partition coefficient (Wildman–Crippen LogP) is 13.2. The van der Waals surface area contributed by atoms with Crippen LogP contribution >= 0.6 is 0 Å². The molecule has 0 N–H and O–H groups in total. The highest BCUT2D eigenvalue weighted by Crippen LogP contribution is 2.36. The molecule has 3 aromatic heterocycles. The third-order valence-electron chi connectivity index (χ3n) is 8.31. The maximum atomic E-state index is 9.64. The van der Waals surface area contributed by atoms with E-state index in [1.54, 1.807) is 0 Å². The van der Waals surface area contributed by atoms with Crippen LogP contribution in [0.25, 0.3) is 106 Å². The van der Waals surface area contributed by atoms with Crippen LogP contribution < -0.4 is 0 Å². The van der Waals surface area contributed by atoms with E-state index in [4.69, 9.17) is 35.9 Å². The van der Waals surface area contributed by atoms with Crippen molar-refractivity contribution in [1.29, 1.82) is 0 Å². The fraction of sp³-hybridized carbons (Fsp3) is 0. The number of aromatic nitrogens is 4. The number of nitrogens with zero attached hydrogens (tertiary/aromatic N) is 4. The molecule has 0 fully saturated rings. The van der Waals surface area contributed by atoms with Gasteiger partial charge in [-0.3, -0.25) is 0 Å². The van der Waals surface area contributed by atoms with Gasteiger partial charge in [0.1, 0.15) is 11.2 Å². The van der Waals surface area contributed by atoms with Crippen molar-refractivity contribution in [2.24, 2.45) is 0 Å². The molecule has 11 rings (SSSR count). The molecule has 0 saturated carbocycles. The Kier molecular flexibility index (Phi) is 3.10. The first kappa shape index (κ1) is 13.3. The van der Waals surface area contributed by atoms with Crippen LogP contribution in [-0.2, 0) is 0 Å². The Hall–Kier alpha value is -7.63. The van der Waals surface area contributed by atoms with E-state index in [0.29, 0.717) is 4.57 Å². The quantitative estimate of drug-likeness (QED) is 0.170. The Morgan fingerprint density at radius 1 is 0.339 bits per heavy atom. The monoisotopic (exact) mass is 748 g/mol. The second-order valence-electron chi connectivity index (χ2n) is 11.6. The van der Waals surface area contributed by atoms with E-state index in [9.17, 15) is 12.3 Å². The molecule has 8 aromatic carbocycles. The van der Waals surface area contributed by atoms with Crippen molar-refractivity contribution >= 4 is 43.7 Å². The number of hydrogen-bond acceptors (Lipinski definition) is 4. The highest BCUT2D eigenvalue weighted by molar-refractivity contribution is 6.09. The fourth-order valence-electron chi connectivity index (χ4n) is 5.84. The fourth-order valence-corrected chi connectivity index (χ4v) is 5.84. The summed E-state index contributed by atoms with van der Waals surface area (Å²) >= 11 is 0. The summed E-state index contributed by atoms with van der Waals surface area (Å²) in [6.07, 6.45) is 0. The molecule has 5 nitrogen and oxygen atoms in total. The van der Waals surface area contributed by atoms with Gasteiger partial charge in [-0.05, 0) is 70.6 Å². The van der Waals surface area contributed by atoms with E-state index in [-0.39, 0.29) is 0 Å². The standard InChI is InChI=1S/C51H32N4O/c1-3-12-33(13-4-1)38-27-29-47-44(31-38)43-28-26-39(32-48(43)56-47)51-53-49(35-14-5-2-6-15-35)52-50(54-51)36-24-22-34(23-25-36)37-16-11-17-40(30-37)55-45-20-9-7-18-41(45)42-19-8-10-21-46(42)55/h1-32H/i1D,2D,3D,4D,5D,6D,7D,8D,9D,10D,11D,12D,13D,14D,15D,16D,17D,18D,19D,20D,21D,22D,23D,24D,25D,26D,27D,28D,29D,30D,31D,32D. The molecule has 0 spiro atoms. The molecule has 0 aliphatic carbocycles. The summed E-state index contributed by atoms with van der Waals surface area (Å²) in [5, 5.41) is -2.04. The van der Waals surface area contributed by atoms with Crippen molar-refractivity contribution < 1.29 is 48.3 Å². The van der Waals surface area contributed by atoms with Crippen LogP contribution in [0.15, 0.2) is 198 Å². The summed E-state index contributed by atoms with van der Waals surface area (Å²) in [4.78, 5) is 12.9. The molecule has 0 radical (unpaired) electrons. The zero-order valence-corrected chi connectivity index (χ0v) is 27.7. The van der Waals surface area contributed by atoms with E-state index in [0.717, 1.165) is 0 Å². The number of rotatable bonds is 6. The summed E-state index contributed by atoms with van der Waals surface area (Å²) < 4.78 is 290. The number of para-hydroxylation sites is 2. The largest absolute Gasteiger partial charge is 0.456 e. The number of fused-ring (bicyclic) bond motifs is 6. The summed E-state index contributed by atoms with van der Waals surface area (Å²) in [6, 6.07) is -29.9. The molecule has 0 unspecified atom stereocenters. The first-order chi connectivity index (χ1) is 41.1. The van der Waals surface area contributed by atoms with Gasteiger partial charge >= 0.3 is 0 Å². The van der Waals surface area contributed by atoms with Gasteiger partial charge in [0, 0.05) is 43.9 Å². The number of benzene rings is 8. The van der Waals surface area contributed by atoms with E-state index in [2.05, 4.69) is 15.0 Å². The van der Waals surface area contributed by atoms with Crippen molar-refractivity contribution in [3.63, 3.8) is 0 Å². The summed E-state index contributed by atoms with van der Waals surface area (Å²) in [5.41, 5.74) is -9.11. The number of furan rings is 1. The molecule has 0 atom stereocenters. The van der Waals surface area contributed by atoms with Crippen molar-refractivity contribution in [3.05, 3.63) is 193 Å². The van der Waals surface area contributed by atoms with Gasteiger partial charge in [0.2, 0.25) is 0 Å². The lowest BCUT2D eigenvalue weighted by Gasteiger charge is -2.11. The summed E-state index contributed by atoms with van der Waals surface area (Å²) in [5.74, 6) is -2.76. The van der Waals surface area contributed by atoms with E-state index in [1.807, 2.05) is 0 Å². The highest BCUT2D eigenvalue weighted by Gasteiger charge is 2.16. The van der Waals surface area contributed by atoms with Crippen LogP contribution in [0, 0.1) is 0 Å². The molecule has 262 valence electrons. The third-order valence-corrected chi connectivity index (χ3v) is 8.31. The maximum absolute atomic E-state index is 9.64. The Bertz CT molecular complexity index is 4970. The van der Waals surface area contributed by atoms with Gasteiger partial charge in [-0.1, -0.05) is 145 Å². The van der Waals surface area contributed by atoms with Crippen LogP contribution in [0.2, 0.25) is 0 Å². The van der Waals surface area contributed by atoms with Gasteiger partial charge in [0.05, 0.1) is 54.9 Å². The van der Waals surface area contributed by atoms with Gasteiger partial charge in [-0.2, -0.15) is 0 Å². The second kappa shape index (κ2) is 13.0. The lowest BCUT2D eigenvalue weighted by Crippen LogP contribution is -2.00. The van der Waals surface area contributed by atoms with E-state index < -0.39 is 299 Å². The first-order valence-electron chi connectivity index (χ1n) is 32.2. The van der Waals surface area contributed by atoms with Crippen molar-refractivity contribution in [1.82, 2.24) is 19.5 Å². The van der Waals surface area contributed by atoms with Gasteiger partial charge in [-0.15, -0.1) is 0 Å². The molecule has 5 heteroatoms. The van der Waals surface area contributed by atoms with E-state index >= 15 is 0 Å². The first-order valence-corrected chi connectivity index (χ1v) is 16.2. The molecule has 0 amide bonds. The highest BCUT2D eigenvalue weighted by atomic mass is 16.3. The summed E-state index contributed by atoms with van der Waals surface area (Å²) in [6.45, 7) is 0. The Balaban J connectivity index is 1.20. The smallest absolute Gasteiger partial charge is 0.164 e. The third kappa shape index (κ3) is 5.45. The Labute approximate surface area is 367 Å². The molecule has 0 aliphatic rings. The molecule has 0 aliphatic heterocycles. The molecule has 3 heterocycles. The molecular weight excluding hydrogens is 685 g/mol. The minimum atomic E-state index is -1.15. The van der Waals surface area contributed by atoms with Gasteiger partial charge in [0.25, 0.3) is 0 Å². The lowest BCUT2D eigenvalue weighted by molar-refractivity contribution is 0.669. The van der Waals surface area contributed by atoms with Gasteiger partial charge in [-0.25, -0.2) is 15.0 Å². The van der Waals surface area contributed by atoms with Crippen LogP contribution in [0.5, 0.6) is 0 Å². The van der Waals surface area contributed by atoms with Crippen LogP contribution in [0.4, 0.5) is 0 Å². The zero-order valence-electron chi connectivity index (χ0n) is 59.7. The minimum absolute atomic E-state index is 0.495. The second-order valence-corrected chi connectivity index (χ2v) is 11.6. The molecule has 0 bridgehead atoms. The van der Waals surface area contributed by atoms with Crippen molar-refractivity contribution in [2.45, 2.75) is 0 Å². The maximum Gasteiger partial charge on any atom is 0.164 e. The molecule has 11 aromatic rings. The summed E-state index contributed by atoms with van der Waals surface area (Å²) in [7, 11) is 0. The average Bonchev–Trinajstić information content (AvgIpc) is 1.54. The number of hydrogen-bond donors (Lipinski definition) is 0. The predicted molar refractivity (Wildman–Crippen MR) is 229 cm³/mol. The van der Waals surface area contributed by atoms with Gasteiger partial charge < -0.3 is 8.98 Å². The molecule has 56 heavy (non-hydrogen) atoms. The van der Waals surface area contributed by atoms with Crippen molar-refractivity contribution in [2.75, 3.05) is 0 Å². The van der Waals surface area contributed by atoms with Crippen LogP contribution in [-0.4, -0.2) is 19.5 Å². The van der Waals surface area contributed by atoms with Crippen LogP contribution in [0.3, 0.4) is 0 Å². The normalized spacial score (nSPS) is 19.6. The Morgan fingerprint density at radius 3 is 1.54 bits per heavy atom. The minimum Gasteiger partial charge on any atom is -0.456 e. The Morgan fingerprint density at radius 2 is 0.839 bits per heavy atom. The zero-order chi connectivity index (χ0) is 64.9. The average molecular weight is 749 g/mol. The van der Waals surface area contributed by atoms with Crippen molar-refractivity contribution in [3.8, 4) is 62.1 Å². The van der Waals surface area contributed by atoms with Crippen LogP contribution in [0.1, 0.15) is 43.9 Å². The lowest BCUT2D eigenvalue weighted by atomic mass is 10.0. The SMILES string of the molecule is [2H]c1c([2H])c([2H])c(-c2nc(-c3c([2H])c([2H])c(-c4c([2H])c([2H])c([2H])c(-n5c6c([2H])c([2H])c([2H])c([2H])c6c6c([2H])c([2H])c([2H])c([2H])c65)c4[2H])c([2H])c3[2H])nc(-c3c([2H])c([2H])c4c(oc5c([2H])c([2H])c(-c6c([2H])c([2H])c([2H])c([2H])c6[2H])c([2H])c54)c3[2H])n2)c([2H])c1[2H]. The van der Waals surface area contributed by atoms with E-state index in [1.165, 1.54) is 0 Å². The molecule has 0 saturated heterocycles. The van der Waals surface area contributed by atoms with Gasteiger partial charge in [0.15, 0.2) is 17.5 Å². The molecular formula is C51H32N4O.